The van der Waals surface area contributed by atoms with E-state index in [4.69, 9.17) is 5.73 Å². The van der Waals surface area contributed by atoms with Crippen LogP contribution in [-0.2, 0) is 4.79 Å². The molecule has 0 aromatic carbocycles. The molecule has 0 saturated heterocycles. The van der Waals surface area contributed by atoms with E-state index in [-0.39, 0.29) is 5.41 Å². The zero-order valence-electron chi connectivity index (χ0n) is 8.55. The molecule has 0 bridgehead atoms. The Labute approximate surface area is 79.8 Å². The molecule has 2 nitrogen and oxygen atoms in total. The molecule has 0 heterocycles. The quantitative estimate of drug-likeness (QED) is 0.523. The Hall–Kier alpha value is -1.31. The van der Waals surface area contributed by atoms with E-state index < -0.39 is 5.91 Å². The van der Waals surface area contributed by atoms with E-state index >= 15 is 0 Å². The first-order valence-electron chi connectivity index (χ1n) is 4.13. The minimum absolute atomic E-state index is 0.149. The van der Waals surface area contributed by atoms with Gasteiger partial charge in [0.25, 0.3) is 0 Å². The lowest BCUT2D eigenvalue weighted by atomic mass is 9.82. The highest BCUT2D eigenvalue weighted by molar-refractivity contribution is 5.96. The third-order valence-electron chi connectivity index (χ3n) is 1.78. The van der Waals surface area contributed by atoms with Gasteiger partial charge in [0.1, 0.15) is 0 Å². The lowest BCUT2D eigenvalue weighted by Gasteiger charge is -2.22. The van der Waals surface area contributed by atoms with Gasteiger partial charge in [-0.05, 0) is 17.1 Å². The first-order valence-corrected chi connectivity index (χ1v) is 4.13. The zero-order chi connectivity index (χ0) is 10.6. The molecule has 0 aromatic heterocycles. The summed E-state index contributed by atoms with van der Waals surface area (Å²) in [7, 11) is 0. The van der Waals surface area contributed by atoms with Gasteiger partial charge in [-0.25, -0.2) is 0 Å². The molecular weight excluding hydrogens is 162 g/mol. The van der Waals surface area contributed by atoms with E-state index in [0.29, 0.717) is 5.57 Å². The second-order valence-corrected chi connectivity index (χ2v) is 3.91. The van der Waals surface area contributed by atoms with Gasteiger partial charge in [0.2, 0.25) is 5.91 Å². The highest BCUT2D eigenvalue weighted by Crippen LogP contribution is 2.29. The van der Waals surface area contributed by atoms with Gasteiger partial charge in [0.15, 0.2) is 0 Å². The number of nitrogens with two attached hydrogens (primary N) is 1. The fraction of sp³-hybridized carbons (Fsp3) is 0.364. The van der Waals surface area contributed by atoms with Crippen molar-refractivity contribution in [1.82, 2.24) is 0 Å². The van der Waals surface area contributed by atoms with Crippen molar-refractivity contribution >= 4 is 5.91 Å². The van der Waals surface area contributed by atoms with Crippen molar-refractivity contribution in [3.05, 3.63) is 36.5 Å². The molecule has 0 aliphatic rings. The summed E-state index contributed by atoms with van der Waals surface area (Å²) < 4.78 is 0. The zero-order valence-corrected chi connectivity index (χ0v) is 8.55. The van der Waals surface area contributed by atoms with E-state index in [1.165, 1.54) is 6.08 Å². The first kappa shape index (κ1) is 11.7. The predicted molar refractivity (Wildman–Crippen MR) is 56.1 cm³/mol. The summed E-state index contributed by atoms with van der Waals surface area (Å²) >= 11 is 0. The molecule has 1 amide bonds. The molecule has 0 rings (SSSR count). The average Bonchev–Trinajstić information content (AvgIpc) is 1.96. The maximum absolute atomic E-state index is 11.0. The molecule has 0 aromatic rings. The minimum Gasteiger partial charge on any atom is -0.366 e. The normalized spacial score (nSPS) is 12.4. The topological polar surface area (TPSA) is 43.1 Å². The Balaban J connectivity index is 5.01. The van der Waals surface area contributed by atoms with Crippen molar-refractivity contribution in [3.63, 3.8) is 0 Å². The van der Waals surface area contributed by atoms with Crippen molar-refractivity contribution in [3.8, 4) is 0 Å². The number of rotatable bonds is 3. The van der Waals surface area contributed by atoms with Crippen LogP contribution < -0.4 is 5.73 Å². The van der Waals surface area contributed by atoms with Crippen LogP contribution in [0.3, 0.4) is 0 Å². The maximum atomic E-state index is 11.0. The van der Waals surface area contributed by atoms with Gasteiger partial charge in [0, 0.05) is 5.57 Å². The summed E-state index contributed by atoms with van der Waals surface area (Å²) in [6.07, 6.45) is 3.13. The lowest BCUT2D eigenvalue weighted by molar-refractivity contribution is -0.114. The standard InChI is InChI=1S/C11H17NO/c1-6-7-9(10(12)13)8(2)11(3,4)5/h6-7H,1-2H2,3-5H3,(H2,12,13)/b9-7+. The molecule has 72 valence electrons. The van der Waals surface area contributed by atoms with Crippen LogP contribution in [0.2, 0.25) is 0 Å². The molecule has 0 aliphatic carbocycles. The molecule has 2 heteroatoms. The van der Waals surface area contributed by atoms with Crippen LogP contribution in [0.25, 0.3) is 0 Å². The van der Waals surface area contributed by atoms with Gasteiger partial charge in [-0.1, -0.05) is 40.0 Å². The summed E-state index contributed by atoms with van der Waals surface area (Å²) in [5.74, 6) is -0.458. The Bertz CT molecular complexity index is 266. The Morgan fingerprint density at radius 1 is 1.38 bits per heavy atom. The Kier molecular flexibility index (Phi) is 3.67. The molecule has 13 heavy (non-hydrogen) atoms. The second-order valence-electron chi connectivity index (χ2n) is 3.91. The van der Waals surface area contributed by atoms with E-state index in [9.17, 15) is 4.79 Å². The summed E-state index contributed by atoms with van der Waals surface area (Å²) in [5, 5.41) is 0. The smallest absolute Gasteiger partial charge is 0.248 e. The average molecular weight is 179 g/mol. The van der Waals surface area contributed by atoms with Crippen LogP contribution in [0, 0.1) is 5.41 Å². The van der Waals surface area contributed by atoms with Crippen LogP contribution in [0.15, 0.2) is 36.5 Å². The molecule has 0 saturated carbocycles. The van der Waals surface area contributed by atoms with Crippen LogP contribution in [-0.4, -0.2) is 5.91 Å². The Morgan fingerprint density at radius 2 is 1.85 bits per heavy atom. The largest absolute Gasteiger partial charge is 0.366 e. The van der Waals surface area contributed by atoms with E-state index in [1.807, 2.05) is 20.8 Å². The summed E-state index contributed by atoms with van der Waals surface area (Å²) in [4.78, 5) is 11.0. The summed E-state index contributed by atoms with van der Waals surface area (Å²) in [5.41, 5.74) is 6.24. The number of hydrogen-bond acceptors (Lipinski definition) is 1. The predicted octanol–water partition coefficient (Wildman–Crippen LogP) is 2.19. The fourth-order valence-corrected chi connectivity index (χ4v) is 0.853. The van der Waals surface area contributed by atoms with Crippen molar-refractivity contribution in [2.45, 2.75) is 20.8 Å². The SMILES string of the molecule is C=C/C=C(\C(=C)C(C)(C)C)C(N)=O. The first-order chi connectivity index (χ1) is 5.80. The van der Waals surface area contributed by atoms with Crippen molar-refractivity contribution in [2.24, 2.45) is 11.1 Å². The molecular formula is C11H17NO. The van der Waals surface area contributed by atoms with Crippen LogP contribution in [0.4, 0.5) is 0 Å². The second kappa shape index (κ2) is 4.08. The minimum atomic E-state index is -0.458. The van der Waals surface area contributed by atoms with Crippen molar-refractivity contribution < 1.29 is 4.79 Å². The van der Waals surface area contributed by atoms with Crippen LogP contribution in [0.1, 0.15) is 20.8 Å². The molecule has 0 radical (unpaired) electrons. The lowest BCUT2D eigenvalue weighted by Crippen LogP contribution is -2.21. The van der Waals surface area contributed by atoms with Crippen LogP contribution >= 0.6 is 0 Å². The number of hydrogen-bond donors (Lipinski definition) is 1. The van der Waals surface area contributed by atoms with Crippen molar-refractivity contribution in [2.75, 3.05) is 0 Å². The highest BCUT2D eigenvalue weighted by atomic mass is 16.1. The van der Waals surface area contributed by atoms with E-state index in [2.05, 4.69) is 13.2 Å². The van der Waals surface area contributed by atoms with E-state index in [1.54, 1.807) is 6.08 Å². The van der Waals surface area contributed by atoms with Crippen LogP contribution in [0.5, 0.6) is 0 Å². The molecule has 0 atom stereocenters. The molecule has 0 spiro atoms. The van der Waals surface area contributed by atoms with Gasteiger partial charge < -0.3 is 5.73 Å². The van der Waals surface area contributed by atoms with Gasteiger partial charge in [-0.2, -0.15) is 0 Å². The fourth-order valence-electron chi connectivity index (χ4n) is 0.853. The Morgan fingerprint density at radius 3 is 2.08 bits per heavy atom. The van der Waals surface area contributed by atoms with Gasteiger partial charge in [-0.15, -0.1) is 0 Å². The monoisotopic (exact) mass is 179 g/mol. The van der Waals surface area contributed by atoms with Gasteiger partial charge >= 0.3 is 0 Å². The van der Waals surface area contributed by atoms with Gasteiger partial charge in [0.05, 0.1) is 0 Å². The number of amides is 1. The molecule has 0 unspecified atom stereocenters. The molecule has 0 aliphatic heterocycles. The van der Waals surface area contributed by atoms with Crippen molar-refractivity contribution in [1.29, 1.82) is 0 Å². The summed E-state index contributed by atoms with van der Waals surface area (Å²) in [6.45, 7) is 13.3. The maximum Gasteiger partial charge on any atom is 0.248 e. The van der Waals surface area contributed by atoms with E-state index in [0.717, 1.165) is 5.57 Å². The number of primary amides is 1. The number of carbonyl (C=O) groups excluding carboxylic acids is 1. The number of carbonyl (C=O) groups is 1. The number of allylic oxidation sites excluding steroid dienone is 2. The molecule has 0 fully saturated rings. The summed E-state index contributed by atoms with van der Waals surface area (Å²) in [6, 6.07) is 0. The third kappa shape index (κ3) is 3.28. The highest BCUT2D eigenvalue weighted by Gasteiger charge is 2.20. The third-order valence-corrected chi connectivity index (χ3v) is 1.78. The van der Waals surface area contributed by atoms with Gasteiger partial charge in [-0.3, -0.25) is 4.79 Å². The molecule has 2 N–H and O–H groups in total.